The molecule has 140 valence electrons. The van der Waals surface area contributed by atoms with E-state index in [0.717, 1.165) is 17.7 Å². The van der Waals surface area contributed by atoms with Gasteiger partial charge in [-0.2, -0.15) is 0 Å². The molecule has 0 aliphatic rings. The van der Waals surface area contributed by atoms with Crippen LogP contribution in [0.3, 0.4) is 0 Å². The largest absolute Gasteiger partial charge is 0.480 e. The second-order valence-corrected chi connectivity index (χ2v) is 6.96. The molecule has 0 aliphatic carbocycles. The molecule has 0 saturated carbocycles. The number of rotatable bonds is 7. The molecule has 0 aliphatic heterocycles. The highest BCUT2D eigenvalue weighted by atomic mass is 79.9. The number of ether oxygens (including phenoxy) is 1. The van der Waals surface area contributed by atoms with E-state index in [2.05, 4.69) is 26.2 Å². The van der Waals surface area contributed by atoms with E-state index in [0.29, 0.717) is 16.8 Å². The second kappa shape index (κ2) is 8.81. The average molecular weight is 432 g/mol. The highest BCUT2D eigenvalue weighted by molar-refractivity contribution is 9.10. The van der Waals surface area contributed by atoms with Crippen LogP contribution in [-0.4, -0.2) is 21.6 Å². The van der Waals surface area contributed by atoms with Gasteiger partial charge in [-0.25, -0.2) is 9.37 Å². The molecular formula is C20H19BrFN3O2. The predicted octanol–water partition coefficient (Wildman–Crippen LogP) is 3.92. The van der Waals surface area contributed by atoms with Crippen molar-refractivity contribution in [3.05, 3.63) is 82.6 Å². The van der Waals surface area contributed by atoms with Gasteiger partial charge < -0.3 is 14.6 Å². The Morgan fingerprint density at radius 1 is 1.30 bits per heavy atom. The Hall–Kier alpha value is -2.67. The molecule has 5 nitrogen and oxygen atoms in total. The number of nitrogens with one attached hydrogen (secondary N) is 1. The van der Waals surface area contributed by atoms with Crippen LogP contribution in [0.4, 0.5) is 4.39 Å². The Balaban J connectivity index is 1.55. The molecule has 1 aromatic heterocycles. The van der Waals surface area contributed by atoms with Gasteiger partial charge in [0, 0.05) is 25.5 Å². The van der Waals surface area contributed by atoms with E-state index < -0.39 is 6.10 Å². The summed E-state index contributed by atoms with van der Waals surface area (Å²) in [6, 6.07) is 12.1. The number of aromatic nitrogens is 2. The lowest BCUT2D eigenvalue weighted by atomic mass is 10.1. The van der Waals surface area contributed by atoms with Crippen molar-refractivity contribution in [2.45, 2.75) is 26.1 Å². The van der Waals surface area contributed by atoms with Crippen molar-refractivity contribution in [1.29, 1.82) is 0 Å². The van der Waals surface area contributed by atoms with Gasteiger partial charge >= 0.3 is 0 Å². The maximum absolute atomic E-state index is 13.1. The Labute approximate surface area is 165 Å². The van der Waals surface area contributed by atoms with E-state index in [4.69, 9.17) is 4.74 Å². The fourth-order valence-corrected chi connectivity index (χ4v) is 3.02. The molecule has 0 fully saturated rings. The topological polar surface area (TPSA) is 56.1 Å². The number of halogens is 2. The van der Waals surface area contributed by atoms with E-state index in [1.54, 1.807) is 19.4 Å². The van der Waals surface area contributed by atoms with E-state index >= 15 is 0 Å². The molecule has 1 atom stereocenters. The number of hydrogen-bond donors (Lipinski definition) is 1. The summed E-state index contributed by atoms with van der Waals surface area (Å²) in [5.41, 5.74) is 2.12. The molecule has 0 radical (unpaired) electrons. The van der Waals surface area contributed by atoms with E-state index in [9.17, 15) is 9.18 Å². The number of hydrogen-bond acceptors (Lipinski definition) is 3. The minimum atomic E-state index is -0.708. The van der Waals surface area contributed by atoms with Gasteiger partial charge in [0.1, 0.15) is 11.6 Å². The van der Waals surface area contributed by atoms with Crippen LogP contribution >= 0.6 is 15.9 Å². The van der Waals surface area contributed by atoms with Crippen LogP contribution in [0.2, 0.25) is 0 Å². The van der Waals surface area contributed by atoms with Gasteiger partial charge in [-0.1, -0.05) is 24.3 Å². The van der Waals surface area contributed by atoms with Gasteiger partial charge in [0.05, 0.1) is 10.8 Å². The average Bonchev–Trinajstić information content (AvgIpc) is 3.15. The first-order chi connectivity index (χ1) is 13.0. The Morgan fingerprint density at radius 2 is 2.11 bits per heavy atom. The molecule has 1 amide bonds. The van der Waals surface area contributed by atoms with Gasteiger partial charge in [0.15, 0.2) is 6.10 Å². The first-order valence-electron chi connectivity index (χ1n) is 8.44. The fourth-order valence-electron chi connectivity index (χ4n) is 2.58. The highest BCUT2D eigenvalue weighted by Crippen LogP contribution is 2.26. The zero-order valence-corrected chi connectivity index (χ0v) is 16.3. The molecule has 1 N–H and O–H groups in total. The summed E-state index contributed by atoms with van der Waals surface area (Å²) < 4.78 is 21.2. The maximum atomic E-state index is 13.1. The fraction of sp³-hybridized carbons (Fsp3) is 0.200. The van der Waals surface area contributed by atoms with Gasteiger partial charge in [-0.3, -0.25) is 4.79 Å². The lowest BCUT2D eigenvalue weighted by Gasteiger charge is -2.16. The lowest BCUT2D eigenvalue weighted by Crippen LogP contribution is -2.36. The first kappa shape index (κ1) is 19.1. The second-order valence-electron chi connectivity index (χ2n) is 6.11. The maximum Gasteiger partial charge on any atom is 0.261 e. The summed E-state index contributed by atoms with van der Waals surface area (Å²) in [5.74, 6) is -0.200. The molecule has 0 bridgehead atoms. The van der Waals surface area contributed by atoms with E-state index in [-0.39, 0.29) is 11.7 Å². The van der Waals surface area contributed by atoms with Crippen molar-refractivity contribution in [1.82, 2.24) is 14.9 Å². The van der Waals surface area contributed by atoms with Crippen molar-refractivity contribution < 1.29 is 13.9 Å². The summed E-state index contributed by atoms with van der Waals surface area (Å²) in [5, 5.41) is 2.86. The zero-order chi connectivity index (χ0) is 19.2. The SMILES string of the molecule is C[C@@H](Oc1ccc(F)cc1Br)C(=O)NCc1cccc(Cn2ccnc2)c1. The molecular weight excluding hydrogens is 413 g/mol. The molecule has 27 heavy (non-hydrogen) atoms. The summed E-state index contributed by atoms with van der Waals surface area (Å²) in [6.07, 6.45) is 4.70. The first-order valence-corrected chi connectivity index (χ1v) is 9.23. The predicted molar refractivity (Wildman–Crippen MR) is 104 cm³/mol. The van der Waals surface area contributed by atoms with Gasteiger partial charge in [0.25, 0.3) is 5.91 Å². The highest BCUT2D eigenvalue weighted by Gasteiger charge is 2.16. The number of imidazole rings is 1. The van der Waals surface area contributed by atoms with Crippen LogP contribution in [0.25, 0.3) is 0 Å². The molecule has 0 saturated heterocycles. The summed E-state index contributed by atoms with van der Waals surface area (Å²) in [6.45, 7) is 2.77. The third kappa shape index (κ3) is 5.40. The normalized spacial score (nSPS) is 11.8. The van der Waals surface area contributed by atoms with Crippen molar-refractivity contribution >= 4 is 21.8 Å². The third-order valence-corrected chi connectivity index (χ3v) is 4.57. The van der Waals surface area contributed by atoms with Gasteiger partial charge in [-0.05, 0) is 52.2 Å². The Bertz CT molecular complexity index is 915. The lowest BCUT2D eigenvalue weighted by molar-refractivity contribution is -0.127. The zero-order valence-electron chi connectivity index (χ0n) is 14.7. The minimum Gasteiger partial charge on any atom is -0.480 e. The van der Waals surface area contributed by atoms with Crippen LogP contribution in [0.5, 0.6) is 5.75 Å². The molecule has 2 aromatic carbocycles. The number of carbonyl (C=O) groups excluding carboxylic acids is 1. The summed E-state index contributed by atoms with van der Waals surface area (Å²) in [4.78, 5) is 16.3. The van der Waals surface area contributed by atoms with Crippen LogP contribution in [0.1, 0.15) is 18.1 Å². The van der Waals surface area contributed by atoms with Crippen molar-refractivity contribution in [3.63, 3.8) is 0 Å². The Kier molecular flexibility index (Phi) is 6.24. The third-order valence-electron chi connectivity index (χ3n) is 3.95. The van der Waals surface area contributed by atoms with Crippen LogP contribution in [-0.2, 0) is 17.9 Å². The summed E-state index contributed by atoms with van der Waals surface area (Å²) >= 11 is 3.23. The van der Waals surface area contributed by atoms with Crippen molar-refractivity contribution in [2.75, 3.05) is 0 Å². The van der Waals surface area contributed by atoms with E-state index in [1.807, 2.05) is 35.0 Å². The molecule has 0 spiro atoms. The van der Waals surface area contributed by atoms with Crippen LogP contribution in [0.15, 0.2) is 65.7 Å². The quantitative estimate of drug-likeness (QED) is 0.616. The monoisotopic (exact) mass is 431 g/mol. The minimum absolute atomic E-state index is 0.244. The molecule has 0 unspecified atom stereocenters. The molecule has 7 heteroatoms. The molecule has 3 rings (SSSR count). The van der Waals surface area contributed by atoms with Crippen LogP contribution in [0, 0.1) is 5.82 Å². The van der Waals surface area contributed by atoms with Gasteiger partial charge in [-0.15, -0.1) is 0 Å². The van der Waals surface area contributed by atoms with E-state index in [1.165, 1.54) is 18.2 Å². The Morgan fingerprint density at radius 3 is 2.85 bits per heavy atom. The number of carbonyl (C=O) groups is 1. The van der Waals surface area contributed by atoms with Crippen LogP contribution < -0.4 is 10.1 Å². The number of amides is 1. The molecule has 3 aromatic rings. The van der Waals surface area contributed by atoms with Gasteiger partial charge in [0.2, 0.25) is 0 Å². The number of benzene rings is 2. The molecule has 1 heterocycles. The number of nitrogens with zero attached hydrogens (tertiary/aromatic N) is 2. The van der Waals surface area contributed by atoms with Crippen molar-refractivity contribution in [3.8, 4) is 5.75 Å². The van der Waals surface area contributed by atoms with Crippen molar-refractivity contribution in [2.24, 2.45) is 0 Å². The smallest absolute Gasteiger partial charge is 0.261 e. The standard InChI is InChI=1S/C20H19BrFN3O2/c1-14(27-19-6-5-17(22)10-18(19)21)20(26)24-11-15-3-2-4-16(9-15)12-25-8-7-23-13-25/h2-10,13-14H,11-12H2,1H3,(H,24,26)/t14-/m1/s1. The summed E-state index contributed by atoms with van der Waals surface area (Å²) in [7, 11) is 0.